The van der Waals surface area contributed by atoms with Crippen LogP contribution in [0.5, 0.6) is 11.5 Å². The van der Waals surface area contributed by atoms with Crippen molar-refractivity contribution < 1.29 is 19.4 Å². The van der Waals surface area contributed by atoms with Crippen molar-refractivity contribution in [2.24, 2.45) is 4.99 Å². The van der Waals surface area contributed by atoms with Gasteiger partial charge in [0.25, 0.3) is 0 Å². The summed E-state index contributed by atoms with van der Waals surface area (Å²) >= 11 is 3.37. The first-order valence-electron chi connectivity index (χ1n) is 6.83. The van der Waals surface area contributed by atoms with Crippen LogP contribution in [0.2, 0.25) is 0 Å². The van der Waals surface area contributed by atoms with Crippen LogP contribution in [0.4, 0.5) is 5.69 Å². The molecule has 0 heterocycles. The first kappa shape index (κ1) is 17.0. The molecule has 2 rings (SSSR count). The van der Waals surface area contributed by atoms with Gasteiger partial charge in [-0.2, -0.15) is 0 Å². The summed E-state index contributed by atoms with van der Waals surface area (Å²) in [4.78, 5) is 15.1. The van der Waals surface area contributed by atoms with E-state index >= 15 is 0 Å². The number of aryl methyl sites for hydroxylation is 1. The van der Waals surface area contributed by atoms with E-state index in [1.54, 1.807) is 18.3 Å². The van der Waals surface area contributed by atoms with Crippen molar-refractivity contribution in [3.63, 3.8) is 0 Å². The number of nitrogens with zero attached hydrogens (tertiary/aromatic N) is 1. The van der Waals surface area contributed by atoms with Crippen LogP contribution in [-0.2, 0) is 4.79 Å². The molecule has 0 spiro atoms. The van der Waals surface area contributed by atoms with Gasteiger partial charge in [0.15, 0.2) is 18.1 Å². The number of halogens is 1. The molecule has 0 radical (unpaired) electrons. The van der Waals surface area contributed by atoms with Crippen LogP contribution in [-0.4, -0.2) is 31.0 Å². The van der Waals surface area contributed by atoms with Crippen LogP contribution >= 0.6 is 15.9 Å². The summed E-state index contributed by atoms with van der Waals surface area (Å²) in [5.74, 6) is -0.265. The van der Waals surface area contributed by atoms with E-state index in [4.69, 9.17) is 14.6 Å². The number of hydrogen-bond acceptors (Lipinski definition) is 4. The van der Waals surface area contributed by atoms with E-state index < -0.39 is 12.6 Å². The number of aliphatic carboxylic acids is 1. The lowest BCUT2D eigenvalue weighted by atomic mass is 10.2. The molecule has 0 aliphatic carbocycles. The number of ether oxygens (including phenoxy) is 2. The normalized spacial score (nSPS) is 10.7. The molecule has 0 bridgehead atoms. The topological polar surface area (TPSA) is 68.1 Å². The van der Waals surface area contributed by atoms with Gasteiger partial charge in [-0.1, -0.05) is 18.2 Å². The molecule has 0 aliphatic heterocycles. The zero-order valence-electron chi connectivity index (χ0n) is 12.7. The molecule has 0 fully saturated rings. The Balaban J connectivity index is 2.29. The fourth-order valence-electron chi connectivity index (χ4n) is 1.94. The summed E-state index contributed by atoms with van der Waals surface area (Å²) in [6.45, 7) is 1.55. The summed E-state index contributed by atoms with van der Waals surface area (Å²) in [6.07, 6.45) is 1.72. The zero-order chi connectivity index (χ0) is 16.8. The zero-order valence-corrected chi connectivity index (χ0v) is 14.3. The van der Waals surface area contributed by atoms with Crippen LogP contribution in [0.25, 0.3) is 0 Å². The molecule has 5 nitrogen and oxygen atoms in total. The van der Waals surface area contributed by atoms with E-state index in [-0.39, 0.29) is 0 Å². The van der Waals surface area contributed by atoms with E-state index in [9.17, 15) is 4.79 Å². The van der Waals surface area contributed by atoms with Crippen molar-refractivity contribution in [2.45, 2.75) is 6.92 Å². The highest BCUT2D eigenvalue weighted by Crippen LogP contribution is 2.36. The Hall–Kier alpha value is -2.34. The quantitative estimate of drug-likeness (QED) is 0.773. The Morgan fingerprint density at radius 1 is 1.35 bits per heavy atom. The average Bonchev–Trinajstić information content (AvgIpc) is 2.52. The summed E-state index contributed by atoms with van der Waals surface area (Å²) < 4.78 is 11.1. The standard InChI is InChI=1S/C17H16BrNO4/c1-11-5-3-4-6-14(11)19-9-12-7-13(18)17(15(8-12)22-2)23-10-16(20)21/h3-9H,10H2,1-2H3,(H,20,21). The summed E-state index contributed by atoms with van der Waals surface area (Å²) in [5.41, 5.74) is 2.77. The largest absolute Gasteiger partial charge is 0.493 e. The second-order valence-corrected chi connectivity index (χ2v) is 5.62. The third-order valence-corrected chi connectivity index (χ3v) is 3.65. The van der Waals surface area contributed by atoms with E-state index in [2.05, 4.69) is 20.9 Å². The predicted molar refractivity (Wildman–Crippen MR) is 92.3 cm³/mol. The Kier molecular flexibility index (Phi) is 5.76. The summed E-state index contributed by atoms with van der Waals surface area (Å²) in [6, 6.07) is 11.3. The van der Waals surface area contributed by atoms with Crippen molar-refractivity contribution in [1.29, 1.82) is 0 Å². The fourth-order valence-corrected chi connectivity index (χ4v) is 2.51. The van der Waals surface area contributed by atoms with E-state index in [0.717, 1.165) is 16.8 Å². The third-order valence-electron chi connectivity index (χ3n) is 3.06. The molecule has 0 unspecified atom stereocenters. The van der Waals surface area contributed by atoms with Gasteiger partial charge >= 0.3 is 5.97 Å². The van der Waals surface area contributed by atoms with E-state index in [1.807, 2.05) is 31.2 Å². The second-order valence-electron chi connectivity index (χ2n) is 4.76. The van der Waals surface area contributed by atoms with Crippen molar-refractivity contribution in [2.75, 3.05) is 13.7 Å². The minimum atomic E-state index is -1.05. The van der Waals surface area contributed by atoms with Gasteiger partial charge in [-0.3, -0.25) is 4.99 Å². The van der Waals surface area contributed by atoms with E-state index in [0.29, 0.717) is 16.0 Å². The number of hydrogen-bond donors (Lipinski definition) is 1. The lowest BCUT2D eigenvalue weighted by molar-refractivity contribution is -0.139. The van der Waals surface area contributed by atoms with Gasteiger partial charge in [-0.25, -0.2) is 4.79 Å². The molecule has 0 saturated carbocycles. The van der Waals surface area contributed by atoms with E-state index in [1.165, 1.54) is 7.11 Å². The first-order chi connectivity index (χ1) is 11.0. The first-order valence-corrected chi connectivity index (χ1v) is 7.62. The molecule has 2 aromatic rings. The molecule has 0 atom stereocenters. The number of carboxylic acids is 1. The molecule has 0 aromatic heterocycles. The van der Waals surface area contributed by atoms with Crippen LogP contribution in [0.3, 0.4) is 0 Å². The minimum Gasteiger partial charge on any atom is -0.493 e. The number of aliphatic imine (C=N–C) groups is 1. The molecular weight excluding hydrogens is 362 g/mol. The van der Waals surface area contributed by atoms with Crippen LogP contribution in [0.15, 0.2) is 45.9 Å². The Morgan fingerprint density at radius 2 is 2.09 bits per heavy atom. The molecule has 0 saturated heterocycles. The van der Waals surface area contributed by atoms with Crippen LogP contribution in [0, 0.1) is 6.92 Å². The smallest absolute Gasteiger partial charge is 0.341 e. The second kappa shape index (κ2) is 7.78. The highest BCUT2D eigenvalue weighted by atomic mass is 79.9. The van der Waals surface area contributed by atoms with Crippen molar-refractivity contribution >= 4 is 33.8 Å². The SMILES string of the molecule is COc1cc(C=Nc2ccccc2C)cc(Br)c1OCC(=O)O. The molecule has 0 aliphatic rings. The Labute approximate surface area is 142 Å². The molecule has 23 heavy (non-hydrogen) atoms. The van der Waals surface area contributed by atoms with Gasteiger partial charge in [0, 0.05) is 6.21 Å². The number of rotatable bonds is 6. The molecule has 120 valence electrons. The third kappa shape index (κ3) is 4.56. The monoisotopic (exact) mass is 377 g/mol. The lowest BCUT2D eigenvalue weighted by Gasteiger charge is -2.12. The van der Waals surface area contributed by atoms with Crippen molar-refractivity contribution in [3.8, 4) is 11.5 Å². The van der Waals surface area contributed by atoms with Gasteiger partial charge < -0.3 is 14.6 Å². The van der Waals surface area contributed by atoms with Gasteiger partial charge in [-0.05, 0) is 52.2 Å². The number of carboxylic acid groups (broad SMARTS) is 1. The Bertz CT molecular complexity index is 743. The highest BCUT2D eigenvalue weighted by Gasteiger charge is 2.12. The van der Waals surface area contributed by atoms with Crippen LogP contribution in [0.1, 0.15) is 11.1 Å². The van der Waals surface area contributed by atoms with Gasteiger partial charge in [0.05, 0.1) is 17.3 Å². The van der Waals surface area contributed by atoms with Gasteiger partial charge in [-0.15, -0.1) is 0 Å². The summed E-state index contributed by atoms with van der Waals surface area (Å²) in [5, 5.41) is 8.72. The van der Waals surface area contributed by atoms with Gasteiger partial charge in [0.1, 0.15) is 0 Å². The lowest BCUT2D eigenvalue weighted by Crippen LogP contribution is -2.10. The molecule has 0 amide bonds. The van der Waals surface area contributed by atoms with Crippen LogP contribution < -0.4 is 9.47 Å². The molecule has 1 N–H and O–H groups in total. The van der Waals surface area contributed by atoms with Crippen molar-refractivity contribution in [1.82, 2.24) is 0 Å². The molecular formula is C17H16BrNO4. The van der Waals surface area contributed by atoms with Gasteiger partial charge in [0.2, 0.25) is 0 Å². The minimum absolute atomic E-state index is 0.350. The number of para-hydroxylation sites is 1. The summed E-state index contributed by atoms with van der Waals surface area (Å²) in [7, 11) is 1.50. The Morgan fingerprint density at radius 3 is 2.74 bits per heavy atom. The number of benzene rings is 2. The fraction of sp³-hybridized carbons (Fsp3) is 0.176. The highest BCUT2D eigenvalue weighted by molar-refractivity contribution is 9.10. The number of methoxy groups -OCH3 is 1. The predicted octanol–water partition coefficient (Wildman–Crippen LogP) is 3.98. The maximum absolute atomic E-state index is 10.6. The van der Waals surface area contributed by atoms with Crippen molar-refractivity contribution in [3.05, 3.63) is 52.0 Å². The maximum atomic E-state index is 10.6. The number of carbonyl (C=O) groups is 1. The average molecular weight is 378 g/mol. The molecule has 2 aromatic carbocycles. The maximum Gasteiger partial charge on any atom is 0.341 e. The molecule has 6 heteroatoms.